The van der Waals surface area contributed by atoms with Gasteiger partial charge >= 0.3 is 0 Å². The van der Waals surface area contributed by atoms with Crippen LogP contribution in [0.1, 0.15) is 17.0 Å². The lowest BCUT2D eigenvalue weighted by Crippen LogP contribution is -2.28. The van der Waals surface area contributed by atoms with Crippen molar-refractivity contribution in [3.05, 3.63) is 102 Å². The standard InChI is InChI=1S/C21H13Cl2N7O2/c22-15-2-1-3-16(23)14(15)10-17-26-20(25-13-6-4-12(11-24)5-7-13)28-21(27-17)30-19(32)9-8-18(31)29-30/h1-9H,10H2,(H,29,31)(H,25,26,27,28). The van der Waals surface area contributed by atoms with E-state index in [1.54, 1.807) is 42.5 Å². The number of aromatic amines is 1. The van der Waals surface area contributed by atoms with Crippen molar-refractivity contribution in [2.75, 3.05) is 5.32 Å². The van der Waals surface area contributed by atoms with Gasteiger partial charge in [0.2, 0.25) is 5.95 Å². The lowest BCUT2D eigenvalue weighted by molar-refractivity contribution is 0.719. The van der Waals surface area contributed by atoms with Crippen LogP contribution in [-0.2, 0) is 6.42 Å². The maximum Gasteiger partial charge on any atom is 0.272 e. The molecule has 2 N–H and O–H groups in total. The van der Waals surface area contributed by atoms with Crippen LogP contribution in [0.2, 0.25) is 10.0 Å². The maximum atomic E-state index is 12.3. The summed E-state index contributed by atoms with van der Waals surface area (Å²) in [5, 5.41) is 15.2. The summed E-state index contributed by atoms with van der Waals surface area (Å²) in [7, 11) is 0. The molecule has 0 unspecified atom stereocenters. The lowest BCUT2D eigenvalue weighted by atomic mass is 10.1. The molecule has 0 fully saturated rings. The molecule has 4 rings (SSSR count). The van der Waals surface area contributed by atoms with Crippen LogP contribution >= 0.6 is 23.2 Å². The molecule has 0 atom stereocenters. The molecule has 4 aromatic rings. The number of aromatic nitrogens is 5. The second-order valence-corrected chi connectivity index (χ2v) is 7.36. The Morgan fingerprint density at radius 2 is 1.69 bits per heavy atom. The molecular formula is C21H13Cl2N7O2. The van der Waals surface area contributed by atoms with E-state index in [4.69, 9.17) is 28.5 Å². The number of rotatable bonds is 5. The highest BCUT2D eigenvalue weighted by molar-refractivity contribution is 6.36. The van der Waals surface area contributed by atoms with Gasteiger partial charge in [-0.15, -0.1) is 0 Å². The molecular weight excluding hydrogens is 453 g/mol. The summed E-state index contributed by atoms with van der Waals surface area (Å²) >= 11 is 12.6. The van der Waals surface area contributed by atoms with Crippen molar-refractivity contribution >= 4 is 34.8 Å². The average Bonchev–Trinajstić information content (AvgIpc) is 2.78. The number of hydrogen-bond donors (Lipinski definition) is 2. The number of benzene rings is 2. The third-order valence-electron chi connectivity index (χ3n) is 4.36. The van der Waals surface area contributed by atoms with E-state index in [-0.39, 0.29) is 24.1 Å². The Bertz CT molecular complexity index is 1440. The minimum absolute atomic E-state index is 0.0861. The van der Waals surface area contributed by atoms with Crippen LogP contribution in [0.4, 0.5) is 11.6 Å². The first kappa shape index (κ1) is 21.2. The summed E-state index contributed by atoms with van der Waals surface area (Å²) < 4.78 is 0.922. The van der Waals surface area contributed by atoms with Gasteiger partial charge in [0.25, 0.3) is 17.1 Å². The molecule has 0 saturated carbocycles. The molecule has 0 saturated heterocycles. The first-order chi connectivity index (χ1) is 15.4. The maximum absolute atomic E-state index is 12.3. The van der Waals surface area contributed by atoms with Gasteiger partial charge in [-0.05, 0) is 42.0 Å². The molecule has 32 heavy (non-hydrogen) atoms. The number of nitriles is 1. The van der Waals surface area contributed by atoms with Gasteiger partial charge in [0, 0.05) is 34.3 Å². The van der Waals surface area contributed by atoms with Crippen molar-refractivity contribution in [3.8, 4) is 12.0 Å². The molecule has 0 aliphatic heterocycles. The molecule has 0 aliphatic carbocycles. The van der Waals surface area contributed by atoms with Crippen LogP contribution in [0.15, 0.2) is 64.2 Å². The number of halogens is 2. The van der Waals surface area contributed by atoms with E-state index in [9.17, 15) is 9.59 Å². The second-order valence-electron chi connectivity index (χ2n) is 6.55. The largest absolute Gasteiger partial charge is 0.324 e. The fourth-order valence-electron chi connectivity index (χ4n) is 2.83. The molecule has 158 valence electrons. The van der Waals surface area contributed by atoms with Crippen LogP contribution in [0.25, 0.3) is 5.95 Å². The molecule has 0 bridgehead atoms. The minimum atomic E-state index is -0.526. The summed E-state index contributed by atoms with van der Waals surface area (Å²) in [5.74, 6) is 0.296. The summed E-state index contributed by atoms with van der Waals surface area (Å²) in [6.07, 6.45) is 0.155. The van der Waals surface area contributed by atoms with Crippen molar-refractivity contribution in [2.45, 2.75) is 6.42 Å². The molecule has 2 aromatic heterocycles. The molecule has 2 heterocycles. The van der Waals surface area contributed by atoms with Crippen LogP contribution < -0.4 is 16.4 Å². The van der Waals surface area contributed by atoms with E-state index < -0.39 is 11.1 Å². The van der Waals surface area contributed by atoms with Crippen molar-refractivity contribution in [3.63, 3.8) is 0 Å². The van der Waals surface area contributed by atoms with E-state index in [1.807, 2.05) is 6.07 Å². The number of anilines is 2. The predicted molar refractivity (Wildman–Crippen MR) is 120 cm³/mol. The first-order valence-corrected chi connectivity index (χ1v) is 9.96. The zero-order valence-electron chi connectivity index (χ0n) is 16.2. The second kappa shape index (κ2) is 9.01. The Morgan fingerprint density at radius 1 is 0.969 bits per heavy atom. The molecule has 0 amide bonds. The zero-order chi connectivity index (χ0) is 22.7. The fraction of sp³-hybridized carbons (Fsp3) is 0.0476. The van der Waals surface area contributed by atoms with E-state index in [0.717, 1.165) is 16.8 Å². The highest BCUT2D eigenvalue weighted by Gasteiger charge is 2.14. The Balaban J connectivity index is 1.80. The molecule has 9 nitrogen and oxygen atoms in total. The smallest absolute Gasteiger partial charge is 0.272 e. The van der Waals surface area contributed by atoms with E-state index >= 15 is 0 Å². The van der Waals surface area contributed by atoms with Gasteiger partial charge in [-0.1, -0.05) is 29.3 Å². The monoisotopic (exact) mass is 465 g/mol. The summed E-state index contributed by atoms with van der Waals surface area (Å²) in [5.41, 5.74) is 0.682. The van der Waals surface area contributed by atoms with Crippen LogP contribution in [0.3, 0.4) is 0 Å². The Hall–Kier alpha value is -4.00. The van der Waals surface area contributed by atoms with Crippen LogP contribution in [0, 0.1) is 11.3 Å². The summed E-state index contributed by atoms with van der Waals surface area (Å²) in [4.78, 5) is 37.0. The molecule has 11 heteroatoms. The van der Waals surface area contributed by atoms with E-state index in [2.05, 4.69) is 25.4 Å². The average molecular weight is 466 g/mol. The molecule has 2 aromatic carbocycles. The van der Waals surface area contributed by atoms with Gasteiger partial charge in [-0.3, -0.25) is 14.7 Å². The Kier molecular flexibility index (Phi) is 5.98. The van der Waals surface area contributed by atoms with E-state index in [1.165, 1.54) is 0 Å². The number of hydrogen-bond acceptors (Lipinski definition) is 7. The number of nitrogens with one attached hydrogen (secondary N) is 2. The number of nitrogens with zero attached hydrogens (tertiary/aromatic N) is 5. The zero-order valence-corrected chi connectivity index (χ0v) is 17.7. The summed E-state index contributed by atoms with van der Waals surface area (Å²) in [6.45, 7) is 0. The van der Waals surface area contributed by atoms with Gasteiger partial charge in [0.05, 0.1) is 11.6 Å². The van der Waals surface area contributed by atoms with Gasteiger partial charge in [0.1, 0.15) is 5.82 Å². The van der Waals surface area contributed by atoms with Crippen molar-refractivity contribution in [2.24, 2.45) is 0 Å². The summed E-state index contributed by atoms with van der Waals surface area (Å²) in [6, 6.07) is 16.0. The van der Waals surface area contributed by atoms with Crippen molar-refractivity contribution < 1.29 is 0 Å². The quantitative estimate of drug-likeness (QED) is 0.462. The molecule has 0 spiro atoms. The van der Waals surface area contributed by atoms with Crippen LogP contribution in [-0.4, -0.2) is 24.7 Å². The Labute approximate surface area is 190 Å². The molecule has 0 aliphatic rings. The highest BCUT2D eigenvalue weighted by atomic mass is 35.5. The number of H-pyrrole nitrogens is 1. The third-order valence-corrected chi connectivity index (χ3v) is 5.06. The topological polar surface area (TPSA) is 129 Å². The lowest BCUT2D eigenvalue weighted by Gasteiger charge is -2.11. The van der Waals surface area contributed by atoms with Crippen LogP contribution in [0.5, 0.6) is 0 Å². The van der Waals surface area contributed by atoms with E-state index in [0.29, 0.717) is 26.9 Å². The minimum Gasteiger partial charge on any atom is -0.324 e. The Morgan fingerprint density at radius 3 is 2.38 bits per heavy atom. The molecule has 0 radical (unpaired) electrons. The van der Waals surface area contributed by atoms with Gasteiger partial charge in [-0.25, -0.2) is 0 Å². The highest BCUT2D eigenvalue weighted by Crippen LogP contribution is 2.26. The van der Waals surface area contributed by atoms with Crippen molar-refractivity contribution in [1.82, 2.24) is 24.7 Å². The first-order valence-electron chi connectivity index (χ1n) is 9.21. The SMILES string of the molecule is N#Cc1ccc(Nc2nc(Cc3c(Cl)cccc3Cl)nc(-n3[nH]c(=O)ccc3=O)n2)cc1. The van der Waals surface area contributed by atoms with Gasteiger partial charge in [0.15, 0.2) is 0 Å². The fourth-order valence-corrected chi connectivity index (χ4v) is 3.36. The van der Waals surface area contributed by atoms with Gasteiger partial charge < -0.3 is 5.32 Å². The third kappa shape index (κ3) is 4.67. The predicted octanol–water partition coefficient (Wildman–Crippen LogP) is 3.22. The van der Waals surface area contributed by atoms with Gasteiger partial charge in [-0.2, -0.15) is 24.9 Å². The van der Waals surface area contributed by atoms with Crippen molar-refractivity contribution in [1.29, 1.82) is 5.26 Å². The normalized spacial score (nSPS) is 10.5.